The largest absolute Gasteiger partial charge is 0.349 e. The number of nitrogens with one attached hydrogen (secondary N) is 1. The Bertz CT molecular complexity index is 445. The highest BCUT2D eigenvalue weighted by Crippen LogP contribution is 2.18. The zero-order chi connectivity index (χ0) is 13.9. The van der Waals surface area contributed by atoms with Gasteiger partial charge in [0.05, 0.1) is 6.54 Å². The van der Waals surface area contributed by atoms with Gasteiger partial charge >= 0.3 is 0 Å². The van der Waals surface area contributed by atoms with Gasteiger partial charge in [-0.05, 0) is 18.3 Å². The van der Waals surface area contributed by atoms with Crippen molar-refractivity contribution < 1.29 is 4.79 Å². The lowest BCUT2D eigenvalue weighted by atomic mass is 9.92. The summed E-state index contributed by atoms with van der Waals surface area (Å²) in [5.41, 5.74) is 0.0197. The minimum atomic E-state index is 0.0197. The molecule has 0 atom stereocenters. The minimum Gasteiger partial charge on any atom is -0.349 e. The predicted molar refractivity (Wildman–Crippen MR) is 73.5 cm³/mol. The van der Waals surface area contributed by atoms with Gasteiger partial charge in [0.1, 0.15) is 5.82 Å². The van der Waals surface area contributed by atoms with Crippen LogP contribution >= 0.6 is 0 Å². The van der Waals surface area contributed by atoms with E-state index < -0.39 is 0 Å². The van der Waals surface area contributed by atoms with E-state index in [9.17, 15) is 4.79 Å². The average molecular weight is 264 g/mol. The molecular formula is C14H24N4O. The number of aryl methyl sites for hydroxylation is 1. The molecular weight excluding hydrogens is 240 g/mol. The maximum atomic E-state index is 11.8. The Morgan fingerprint density at radius 1 is 1.26 bits per heavy atom. The quantitative estimate of drug-likeness (QED) is 0.909. The molecule has 2 heterocycles. The van der Waals surface area contributed by atoms with Gasteiger partial charge < -0.3 is 9.88 Å². The average Bonchev–Trinajstić information content (AvgIpc) is 2.53. The van der Waals surface area contributed by atoms with Crippen molar-refractivity contribution in [2.75, 3.05) is 0 Å². The van der Waals surface area contributed by atoms with E-state index in [2.05, 4.69) is 40.9 Å². The Labute approximate surface area is 114 Å². The van der Waals surface area contributed by atoms with Gasteiger partial charge in [-0.1, -0.05) is 27.2 Å². The Morgan fingerprint density at radius 2 is 2.05 bits per heavy atom. The first-order valence-electron chi connectivity index (χ1n) is 7.13. The molecule has 1 aromatic heterocycles. The maximum absolute atomic E-state index is 11.8. The normalized spacial score (nSPS) is 15.7. The number of hydrogen-bond donors (Lipinski definition) is 1. The zero-order valence-corrected chi connectivity index (χ0v) is 12.2. The Kier molecular flexibility index (Phi) is 4.22. The number of aromatic nitrogens is 3. The smallest absolute Gasteiger partial charge is 0.220 e. The van der Waals surface area contributed by atoms with Crippen molar-refractivity contribution in [1.29, 1.82) is 0 Å². The molecule has 1 aliphatic rings. The molecule has 0 unspecified atom stereocenters. The van der Waals surface area contributed by atoms with Crippen molar-refractivity contribution >= 4 is 5.91 Å². The molecule has 0 bridgehead atoms. The van der Waals surface area contributed by atoms with Crippen LogP contribution in [-0.4, -0.2) is 20.7 Å². The predicted octanol–water partition coefficient (Wildman–Crippen LogP) is 2.06. The first kappa shape index (κ1) is 14.0. The summed E-state index contributed by atoms with van der Waals surface area (Å²) in [6.07, 6.45) is 5.15. The number of amides is 1. The molecule has 1 N–H and O–H groups in total. The highest BCUT2D eigenvalue weighted by Gasteiger charge is 2.18. The van der Waals surface area contributed by atoms with Gasteiger partial charge in [0.15, 0.2) is 5.82 Å². The molecule has 19 heavy (non-hydrogen) atoms. The molecule has 0 aromatic carbocycles. The van der Waals surface area contributed by atoms with Crippen LogP contribution in [0.2, 0.25) is 0 Å². The standard InChI is InChI=1S/C14H24N4O/c1-14(2,3)9-13(19)15-10-12-17-16-11-7-5-4-6-8-18(11)12/h4-10H2,1-3H3,(H,15,19). The first-order valence-corrected chi connectivity index (χ1v) is 7.13. The lowest BCUT2D eigenvalue weighted by Crippen LogP contribution is -2.28. The van der Waals surface area contributed by atoms with Gasteiger partial charge in [0.2, 0.25) is 5.91 Å². The van der Waals surface area contributed by atoms with Crippen LogP contribution in [0.15, 0.2) is 0 Å². The van der Waals surface area contributed by atoms with Crippen molar-refractivity contribution in [2.45, 2.75) is 66.0 Å². The molecule has 5 nitrogen and oxygen atoms in total. The van der Waals surface area contributed by atoms with Crippen molar-refractivity contribution in [3.8, 4) is 0 Å². The van der Waals surface area contributed by atoms with Crippen LogP contribution in [0.1, 0.15) is 58.1 Å². The van der Waals surface area contributed by atoms with Gasteiger partial charge in [-0.3, -0.25) is 4.79 Å². The molecule has 0 aliphatic carbocycles. The van der Waals surface area contributed by atoms with Crippen LogP contribution < -0.4 is 5.32 Å². The third-order valence-corrected chi connectivity index (χ3v) is 3.32. The Balaban J connectivity index is 1.93. The highest BCUT2D eigenvalue weighted by atomic mass is 16.1. The summed E-state index contributed by atoms with van der Waals surface area (Å²) in [5, 5.41) is 11.4. The van der Waals surface area contributed by atoms with Crippen LogP contribution in [0.5, 0.6) is 0 Å². The SMILES string of the molecule is CC(C)(C)CC(=O)NCc1nnc2n1CCCCC2. The topological polar surface area (TPSA) is 59.8 Å². The molecule has 0 spiro atoms. The first-order chi connectivity index (χ1) is 8.96. The van der Waals surface area contributed by atoms with Crippen molar-refractivity contribution in [3.05, 3.63) is 11.6 Å². The number of carbonyl (C=O) groups excluding carboxylic acids is 1. The highest BCUT2D eigenvalue weighted by molar-refractivity contribution is 5.76. The molecule has 106 valence electrons. The molecule has 0 fully saturated rings. The van der Waals surface area contributed by atoms with E-state index in [4.69, 9.17) is 0 Å². The fourth-order valence-electron chi connectivity index (χ4n) is 2.40. The summed E-state index contributed by atoms with van der Waals surface area (Å²) in [7, 11) is 0. The molecule has 2 rings (SSSR count). The van der Waals surface area contributed by atoms with E-state index in [1.165, 1.54) is 19.3 Å². The number of nitrogens with zero attached hydrogens (tertiary/aromatic N) is 3. The molecule has 0 saturated carbocycles. The van der Waals surface area contributed by atoms with Gasteiger partial charge in [-0.15, -0.1) is 10.2 Å². The van der Waals surface area contributed by atoms with E-state index in [0.717, 1.165) is 24.6 Å². The van der Waals surface area contributed by atoms with Gasteiger partial charge in [-0.25, -0.2) is 0 Å². The fraction of sp³-hybridized carbons (Fsp3) is 0.786. The molecule has 1 amide bonds. The molecule has 5 heteroatoms. The van der Waals surface area contributed by atoms with E-state index in [1.54, 1.807) is 0 Å². The third-order valence-electron chi connectivity index (χ3n) is 3.32. The Morgan fingerprint density at radius 3 is 2.79 bits per heavy atom. The second kappa shape index (κ2) is 5.72. The summed E-state index contributed by atoms with van der Waals surface area (Å²) < 4.78 is 2.17. The summed E-state index contributed by atoms with van der Waals surface area (Å²) in [4.78, 5) is 11.8. The molecule has 0 saturated heterocycles. The van der Waals surface area contributed by atoms with Crippen LogP contribution in [0, 0.1) is 5.41 Å². The van der Waals surface area contributed by atoms with E-state index in [0.29, 0.717) is 13.0 Å². The number of carbonyl (C=O) groups is 1. The minimum absolute atomic E-state index is 0.0197. The summed E-state index contributed by atoms with van der Waals surface area (Å²) in [6.45, 7) is 7.66. The van der Waals surface area contributed by atoms with Crippen LogP contribution in [-0.2, 0) is 24.3 Å². The van der Waals surface area contributed by atoms with Gasteiger partial charge in [0, 0.05) is 19.4 Å². The second-order valence-corrected chi connectivity index (χ2v) is 6.51. The molecule has 1 aliphatic heterocycles. The van der Waals surface area contributed by atoms with E-state index in [-0.39, 0.29) is 11.3 Å². The number of fused-ring (bicyclic) bond motifs is 1. The monoisotopic (exact) mass is 264 g/mol. The van der Waals surface area contributed by atoms with Gasteiger partial charge in [-0.2, -0.15) is 0 Å². The lowest BCUT2D eigenvalue weighted by Gasteiger charge is -2.17. The molecule has 1 aromatic rings. The van der Waals surface area contributed by atoms with Crippen molar-refractivity contribution in [2.24, 2.45) is 5.41 Å². The Hall–Kier alpha value is -1.39. The summed E-state index contributed by atoms with van der Waals surface area (Å²) in [6, 6.07) is 0. The van der Waals surface area contributed by atoms with Crippen LogP contribution in [0.25, 0.3) is 0 Å². The van der Waals surface area contributed by atoms with Gasteiger partial charge in [0.25, 0.3) is 0 Å². The van der Waals surface area contributed by atoms with Crippen LogP contribution in [0.3, 0.4) is 0 Å². The zero-order valence-electron chi connectivity index (χ0n) is 12.2. The lowest BCUT2D eigenvalue weighted by molar-refractivity contribution is -0.123. The maximum Gasteiger partial charge on any atom is 0.220 e. The van der Waals surface area contributed by atoms with E-state index in [1.807, 2.05) is 0 Å². The number of hydrogen-bond acceptors (Lipinski definition) is 3. The fourth-order valence-corrected chi connectivity index (χ4v) is 2.40. The number of rotatable bonds is 3. The molecule has 0 radical (unpaired) electrons. The van der Waals surface area contributed by atoms with Crippen molar-refractivity contribution in [1.82, 2.24) is 20.1 Å². The van der Waals surface area contributed by atoms with E-state index >= 15 is 0 Å². The van der Waals surface area contributed by atoms with Crippen LogP contribution in [0.4, 0.5) is 0 Å². The summed E-state index contributed by atoms with van der Waals surface area (Å²) in [5.74, 6) is 2.04. The van der Waals surface area contributed by atoms with Crippen molar-refractivity contribution in [3.63, 3.8) is 0 Å². The third kappa shape index (κ3) is 4.04. The second-order valence-electron chi connectivity index (χ2n) is 6.51. The summed E-state index contributed by atoms with van der Waals surface area (Å²) >= 11 is 0.